The molecule has 27 heavy (non-hydrogen) atoms. The third-order valence-electron chi connectivity index (χ3n) is 5.12. The number of rotatable bonds is 6. The Kier molecular flexibility index (Phi) is 6.26. The second-order valence-electron chi connectivity index (χ2n) is 7.14. The van der Waals surface area contributed by atoms with Crippen molar-refractivity contribution in [3.8, 4) is 0 Å². The topological polar surface area (TPSA) is 107 Å². The number of nitro benzene ring substituents is 1. The van der Waals surface area contributed by atoms with E-state index in [1.54, 1.807) is 0 Å². The fourth-order valence-corrected chi connectivity index (χ4v) is 3.68. The van der Waals surface area contributed by atoms with E-state index in [-0.39, 0.29) is 23.2 Å². The SMILES string of the molecule is O=C(CCCn1c(=O)oc2cc([N+](=O)[O-])ccc21)NC1CCCCCCC1. The molecule has 8 heteroatoms. The summed E-state index contributed by atoms with van der Waals surface area (Å²) in [4.78, 5) is 34.5. The van der Waals surface area contributed by atoms with Gasteiger partial charge in [-0.15, -0.1) is 0 Å². The van der Waals surface area contributed by atoms with Gasteiger partial charge >= 0.3 is 5.76 Å². The first-order valence-corrected chi connectivity index (χ1v) is 9.62. The summed E-state index contributed by atoms with van der Waals surface area (Å²) in [5.41, 5.74) is 0.571. The van der Waals surface area contributed by atoms with Crippen molar-refractivity contribution in [3.05, 3.63) is 38.9 Å². The Labute approximate surface area is 156 Å². The summed E-state index contributed by atoms with van der Waals surface area (Å²) in [7, 11) is 0. The van der Waals surface area contributed by atoms with Gasteiger partial charge in [-0.05, 0) is 25.3 Å². The van der Waals surface area contributed by atoms with Gasteiger partial charge in [-0.25, -0.2) is 4.79 Å². The summed E-state index contributed by atoms with van der Waals surface area (Å²) < 4.78 is 6.52. The van der Waals surface area contributed by atoms with Crippen LogP contribution in [0.15, 0.2) is 27.4 Å². The number of hydrogen-bond donors (Lipinski definition) is 1. The molecule has 1 aromatic carbocycles. The van der Waals surface area contributed by atoms with Crippen LogP contribution >= 0.6 is 0 Å². The highest BCUT2D eigenvalue weighted by atomic mass is 16.6. The van der Waals surface area contributed by atoms with E-state index in [1.807, 2.05) is 0 Å². The van der Waals surface area contributed by atoms with Gasteiger partial charge in [-0.3, -0.25) is 19.5 Å². The van der Waals surface area contributed by atoms with Gasteiger partial charge in [0.25, 0.3) is 5.69 Å². The zero-order valence-electron chi connectivity index (χ0n) is 15.3. The van der Waals surface area contributed by atoms with Crippen LogP contribution in [0.1, 0.15) is 57.8 Å². The van der Waals surface area contributed by atoms with Crippen molar-refractivity contribution in [1.29, 1.82) is 0 Å². The number of nitrogens with one attached hydrogen (secondary N) is 1. The predicted molar refractivity (Wildman–Crippen MR) is 101 cm³/mol. The Morgan fingerprint density at radius 3 is 2.63 bits per heavy atom. The van der Waals surface area contributed by atoms with Gasteiger partial charge in [0, 0.05) is 25.1 Å². The summed E-state index contributed by atoms with van der Waals surface area (Å²) >= 11 is 0. The smallest absolute Gasteiger partial charge is 0.407 e. The van der Waals surface area contributed by atoms with Crippen LogP contribution in [0.25, 0.3) is 11.1 Å². The van der Waals surface area contributed by atoms with Gasteiger partial charge in [0.15, 0.2) is 5.58 Å². The highest BCUT2D eigenvalue weighted by molar-refractivity contribution is 5.77. The number of nitrogens with zero attached hydrogens (tertiary/aromatic N) is 2. The second kappa shape index (κ2) is 8.83. The zero-order chi connectivity index (χ0) is 19.2. The molecule has 1 aliphatic rings. The lowest BCUT2D eigenvalue weighted by Crippen LogP contribution is -2.35. The molecule has 0 spiro atoms. The molecule has 0 saturated heterocycles. The Balaban J connectivity index is 1.55. The summed E-state index contributed by atoms with van der Waals surface area (Å²) in [6.07, 6.45) is 9.00. The molecule has 1 heterocycles. The molecule has 0 bridgehead atoms. The molecule has 1 amide bonds. The van der Waals surface area contributed by atoms with Crippen LogP contribution < -0.4 is 11.1 Å². The molecule has 1 saturated carbocycles. The highest BCUT2D eigenvalue weighted by Crippen LogP contribution is 2.20. The summed E-state index contributed by atoms with van der Waals surface area (Å²) in [5.74, 6) is -0.553. The number of amides is 1. The molecular formula is C19H25N3O5. The summed E-state index contributed by atoms with van der Waals surface area (Å²) in [6, 6.07) is 4.35. The van der Waals surface area contributed by atoms with Gasteiger partial charge in [0.05, 0.1) is 16.5 Å². The largest absolute Gasteiger partial charge is 0.419 e. The standard InChI is InChI=1S/C19H25N3O5/c23-18(20-14-7-4-2-1-3-5-8-14)9-6-12-21-16-11-10-15(22(25)26)13-17(16)27-19(21)24/h10-11,13-14H,1-9,12H2,(H,20,23). The average molecular weight is 375 g/mol. The zero-order valence-corrected chi connectivity index (χ0v) is 15.3. The van der Waals surface area contributed by atoms with Crippen LogP contribution in [-0.4, -0.2) is 21.4 Å². The summed E-state index contributed by atoms with van der Waals surface area (Å²) in [5, 5.41) is 13.9. The Morgan fingerprint density at radius 2 is 1.93 bits per heavy atom. The van der Waals surface area contributed by atoms with Crippen molar-refractivity contribution in [1.82, 2.24) is 9.88 Å². The Bertz CT molecular complexity index is 862. The number of carbonyl (C=O) groups excluding carboxylic acids is 1. The highest BCUT2D eigenvalue weighted by Gasteiger charge is 2.16. The molecule has 0 aliphatic heterocycles. The van der Waals surface area contributed by atoms with E-state index in [2.05, 4.69) is 5.32 Å². The number of aromatic nitrogens is 1. The minimum atomic E-state index is -0.564. The lowest BCUT2D eigenvalue weighted by atomic mass is 9.96. The Hall–Kier alpha value is -2.64. The monoisotopic (exact) mass is 375 g/mol. The molecule has 0 radical (unpaired) electrons. The first-order valence-electron chi connectivity index (χ1n) is 9.62. The molecule has 1 fully saturated rings. The maximum absolute atomic E-state index is 12.2. The van der Waals surface area contributed by atoms with Gasteiger partial charge < -0.3 is 9.73 Å². The number of carbonyl (C=O) groups is 1. The molecule has 8 nitrogen and oxygen atoms in total. The van der Waals surface area contributed by atoms with Crippen LogP contribution in [0.3, 0.4) is 0 Å². The van der Waals surface area contributed by atoms with E-state index >= 15 is 0 Å². The van der Waals surface area contributed by atoms with E-state index in [0.29, 0.717) is 24.9 Å². The molecule has 2 aromatic rings. The van der Waals surface area contributed by atoms with E-state index in [9.17, 15) is 19.7 Å². The van der Waals surface area contributed by atoms with Crippen LogP contribution in [0, 0.1) is 10.1 Å². The van der Waals surface area contributed by atoms with Crippen LogP contribution in [0.2, 0.25) is 0 Å². The van der Waals surface area contributed by atoms with Crippen LogP contribution in [0.4, 0.5) is 5.69 Å². The number of benzene rings is 1. The van der Waals surface area contributed by atoms with Crippen molar-refractivity contribution in [2.75, 3.05) is 0 Å². The third-order valence-corrected chi connectivity index (χ3v) is 5.12. The molecule has 1 N–H and O–H groups in total. The van der Waals surface area contributed by atoms with Crippen molar-refractivity contribution >= 4 is 22.7 Å². The number of hydrogen-bond acceptors (Lipinski definition) is 5. The van der Waals surface area contributed by atoms with Gasteiger partial charge in [0.2, 0.25) is 5.91 Å². The van der Waals surface area contributed by atoms with E-state index in [1.165, 1.54) is 42.0 Å². The number of aryl methyl sites for hydroxylation is 1. The summed E-state index contributed by atoms with van der Waals surface area (Å²) in [6.45, 7) is 0.335. The maximum Gasteiger partial charge on any atom is 0.419 e. The fourth-order valence-electron chi connectivity index (χ4n) is 3.68. The average Bonchev–Trinajstić information content (AvgIpc) is 2.92. The molecule has 1 aliphatic carbocycles. The molecule has 3 rings (SSSR count). The van der Waals surface area contributed by atoms with E-state index in [4.69, 9.17) is 4.42 Å². The molecule has 1 aromatic heterocycles. The normalized spacial score (nSPS) is 16.0. The van der Waals surface area contributed by atoms with Gasteiger partial charge in [-0.2, -0.15) is 0 Å². The number of non-ortho nitro benzene ring substituents is 1. The van der Waals surface area contributed by atoms with Crippen molar-refractivity contribution in [2.24, 2.45) is 0 Å². The number of nitro groups is 1. The van der Waals surface area contributed by atoms with E-state index < -0.39 is 10.7 Å². The molecule has 0 atom stereocenters. The predicted octanol–water partition coefficient (Wildman–Crippen LogP) is 3.51. The molecular weight excluding hydrogens is 350 g/mol. The lowest BCUT2D eigenvalue weighted by molar-refractivity contribution is -0.384. The van der Waals surface area contributed by atoms with Crippen molar-refractivity contribution in [3.63, 3.8) is 0 Å². The van der Waals surface area contributed by atoms with Crippen LogP contribution in [-0.2, 0) is 11.3 Å². The van der Waals surface area contributed by atoms with Gasteiger partial charge in [-0.1, -0.05) is 32.1 Å². The minimum Gasteiger partial charge on any atom is -0.407 e. The quantitative estimate of drug-likeness (QED) is 0.614. The first-order chi connectivity index (χ1) is 13.0. The van der Waals surface area contributed by atoms with Crippen molar-refractivity contribution in [2.45, 2.75) is 70.4 Å². The molecule has 146 valence electrons. The minimum absolute atomic E-state index is 0.0112. The van der Waals surface area contributed by atoms with Crippen molar-refractivity contribution < 1.29 is 14.1 Å². The third kappa shape index (κ3) is 4.96. The fraction of sp³-hybridized carbons (Fsp3) is 0.579. The van der Waals surface area contributed by atoms with E-state index in [0.717, 1.165) is 25.7 Å². The Morgan fingerprint density at radius 1 is 1.22 bits per heavy atom. The van der Waals surface area contributed by atoms with Gasteiger partial charge in [0.1, 0.15) is 0 Å². The lowest BCUT2D eigenvalue weighted by Gasteiger charge is -2.21. The maximum atomic E-state index is 12.2. The number of oxazole rings is 1. The second-order valence-corrected chi connectivity index (χ2v) is 7.14. The number of fused-ring (bicyclic) bond motifs is 1. The molecule has 0 unspecified atom stereocenters. The first kappa shape index (κ1) is 19.1. The van der Waals surface area contributed by atoms with Crippen LogP contribution in [0.5, 0.6) is 0 Å².